The molecule has 1 atom stereocenters. The van der Waals surface area contributed by atoms with Crippen LogP contribution in [0.25, 0.3) is 0 Å². The molecule has 1 aromatic carbocycles. The van der Waals surface area contributed by atoms with E-state index in [0.717, 1.165) is 12.1 Å². The number of hydrogen-bond acceptors (Lipinski definition) is 3. The summed E-state index contributed by atoms with van der Waals surface area (Å²) in [6, 6.07) is 3.09. The van der Waals surface area contributed by atoms with Gasteiger partial charge in [-0.1, -0.05) is 6.07 Å². The molecular formula is C16H23F2N3O2. The molecule has 0 bridgehead atoms. The Kier molecular flexibility index (Phi) is 6.62. The summed E-state index contributed by atoms with van der Waals surface area (Å²) in [5.74, 6) is -2.63. The number of carbonyl (C=O) groups excluding carboxylic acids is 2. The van der Waals surface area contributed by atoms with Crippen molar-refractivity contribution in [2.24, 2.45) is 5.73 Å². The Hall–Kier alpha value is -2.02. The fourth-order valence-electron chi connectivity index (χ4n) is 2.12. The quantitative estimate of drug-likeness (QED) is 0.828. The molecule has 1 aromatic rings. The lowest BCUT2D eigenvalue weighted by Gasteiger charge is -2.30. The van der Waals surface area contributed by atoms with Crippen LogP contribution in [0.1, 0.15) is 32.4 Å². The van der Waals surface area contributed by atoms with Gasteiger partial charge in [0.2, 0.25) is 11.8 Å². The minimum absolute atomic E-state index is 0.0171. The molecule has 23 heavy (non-hydrogen) atoms. The lowest BCUT2D eigenvalue weighted by atomic mass is 10.1. The minimum Gasteiger partial charge on any atom is -0.369 e. The van der Waals surface area contributed by atoms with Crippen LogP contribution in [0.2, 0.25) is 0 Å². The molecule has 0 aliphatic carbocycles. The van der Waals surface area contributed by atoms with Crippen LogP contribution in [0.3, 0.4) is 0 Å². The molecule has 0 aliphatic rings. The molecule has 0 aromatic heterocycles. The van der Waals surface area contributed by atoms with Crippen molar-refractivity contribution in [3.8, 4) is 0 Å². The van der Waals surface area contributed by atoms with E-state index in [9.17, 15) is 18.4 Å². The SMILES string of the molecule is CC(C)N(CC(N)=O)CC(=O)N(C)[C@@H](C)c1ccc(F)c(F)c1. The molecule has 0 saturated carbocycles. The first-order chi connectivity index (χ1) is 10.6. The van der Waals surface area contributed by atoms with E-state index in [4.69, 9.17) is 5.73 Å². The highest BCUT2D eigenvalue weighted by atomic mass is 19.2. The van der Waals surface area contributed by atoms with Crippen LogP contribution in [0, 0.1) is 11.6 Å². The number of nitrogens with zero attached hydrogens (tertiary/aromatic N) is 2. The number of halogens is 2. The topological polar surface area (TPSA) is 66.6 Å². The zero-order valence-electron chi connectivity index (χ0n) is 13.8. The number of carbonyl (C=O) groups is 2. The zero-order valence-corrected chi connectivity index (χ0v) is 13.8. The molecule has 2 amide bonds. The highest BCUT2D eigenvalue weighted by Crippen LogP contribution is 2.21. The van der Waals surface area contributed by atoms with Crippen LogP contribution in [0.15, 0.2) is 18.2 Å². The third-order valence-electron chi connectivity index (χ3n) is 3.83. The maximum atomic E-state index is 13.3. The molecule has 128 valence electrons. The lowest BCUT2D eigenvalue weighted by Crippen LogP contribution is -2.45. The Morgan fingerprint density at radius 1 is 1.13 bits per heavy atom. The number of benzene rings is 1. The van der Waals surface area contributed by atoms with Gasteiger partial charge in [-0.3, -0.25) is 14.5 Å². The van der Waals surface area contributed by atoms with Gasteiger partial charge in [0, 0.05) is 13.1 Å². The monoisotopic (exact) mass is 327 g/mol. The van der Waals surface area contributed by atoms with E-state index in [-0.39, 0.29) is 25.0 Å². The van der Waals surface area contributed by atoms with E-state index in [1.54, 1.807) is 18.9 Å². The average Bonchev–Trinajstić information content (AvgIpc) is 2.47. The van der Waals surface area contributed by atoms with Crippen molar-refractivity contribution < 1.29 is 18.4 Å². The van der Waals surface area contributed by atoms with Crippen molar-refractivity contribution >= 4 is 11.8 Å². The molecule has 7 heteroatoms. The highest BCUT2D eigenvalue weighted by Gasteiger charge is 2.22. The fourth-order valence-corrected chi connectivity index (χ4v) is 2.12. The number of rotatable bonds is 7. The molecule has 0 heterocycles. The third kappa shape index (κ3) is 5.28. The summed E-state index contributed by atoms with van der Waals surface area (Å²) < 4.78 is 26.3. The van der Waals surface area contributed by atoms with Gasteiger partial charge in [-0.25, -0.2) is 8.78 Å². The molecule has 0 fully saturated rings. The Balaban J connectivity index is 2.81. The maximum Gasteiger partial charge on any atom is 0.237 e. The zero-order chi connectivity index (χ0) is 17.7. The number of nitrogens with two attached hydrogens (primary N) is 1. The summed E-state index contributed by atoms with van der Waals surface area (Å²) in [6.07, 6.45) is 0. The summed E-state index contributed by atoms with van der Waals surface area (Å²) >= 11 is 0. The summed E-state index contributed by atoms with van der Waals surface area (Å²) in [5.41, 5.74) is 5.67. The Morgan fingerprint density at radius 3 is 2.22 bits per heavy atom. The number of hydrogen-bond donors (Lipinski definition) is 1. The van der Waals surface area contributed by atoms with Crippen molar-refractivity contribution in [1.82, 2.24) is 9.80 Å². The van der Waals surface area contributed by atoms with Gasteiger partial charge in [0.05, 0.1) is 19.1 Å². The van der Waals surface area contributed by atoms with Crippen molar-refractivity contribution in [3.63, 3.8) is 0 Å². The van der Waals surface area contributed by atoms with Crippen molar-refractivity contribution in [2.75, 3.05) is 20.1 Å². The second-order valence-corrected chi connectivity index (χ2v) is 5.82. The van der Waals surface area contributed by atoms with Crippen LogP contribution < -0.4 is 5.73 Å². The number of amides is 2. The normalized spacial score (nSPS) is 12.5. The predicted molar refractivity (Wildman–Crippen MR) is 83.4 cm³/mol. The van der Waals surface area contributed by atoms with Gasteiger partial charge in [-0.05, 0) is 38.5 Å². The molecule has 2 N–H and O–H groups in total. The lowest BCUT2D eigenvalue weighted by molar-refractivity contribution is -0.134. The smallest absolute Gasteiger partial charge is 0.237 e. The predicted octanol–water partition coefficient (Wildman–Crippen LogP) is 1.68. The van der Waals surface area contributed by atoms with Crippen LogP contribution in [-0.4, -0.2) is 47.8 Å². The molecule has 0 radical (unpaired) electrons. The summed E-state index contributed by atoms with van der Waals surface area (Å²) in [7, 11) is 1.58. The first-order valence-corrected chi connectivity index (χ1v) is 7.36. The Morgan fingerprint density at radius 2 is 1.74 bits per heavy atom. The van der Waals surface area contributed by atoms with E-state index in [1.807, 2.05) is 13.8 Å². The largest absolute Gasteiger partial charge is 0.369 e. The van der Waals surface area contributed by atoms with E-state index in [1.165, 1.54) is 11.0 Å². The summed E-state index contributed by atoms with van der Waals surface area (Å²) in [6.45, 7) is 5.43. The van der Waals surface area contributed by atoms with Gasteiger partial charge in [-0.2, -0.15) is 0 Å². The van der Waals surface area contributed by atoms with Crippen molar-refractivity contribution in [1.29, 1.82) is 0 Å². The summed E-state index contributed by atoms with van der Waals surface area (Å²) in [4.78, 5) is 26.5. The van der Waals surface area contributed by atoms with Gasteiger partial charge < -0.3 is 10.6 Å². The van der Waals surface area contributed by atoms with Crippen LogP contribution in [0.4, 0.5) is 8.78 Å². The van der Waals surface area contributed by atoms with E-state index >= 15 is 0 Å². The van der Waals surface area contributed by atoms with Crippen LogP contribution in [0.5, 0.6) is 0 Å². The van der Waals surface area contributed by atoms with Gasteiger partial charge in [0.15, 0.2) is 11.6 Å². The highest BCUT2D eigenvalue weighted by molar-refractivity contribution is 5.80. The Bertz CT molecular complexity index is 578. The Labute approximate surface area is 135 Å². The molecule has 1 rings (SSSR count). The number of primary amides is 1. The van der Waals surface area contributed by atoms with Gasteiger partial charge in [0.1, 0.15) is 0 Å². The molecule has 0 unspecified atom stereocenters. The van der Waals surface area contributed by atoms with Gasteiger partial charge in [0.25, 0.3) is 0 Å². The molecule has 5 nitrogen and oxygen atoms in total. The number of likely N-dealkylation sites (N-methyl/N-ethyl adjacent to an activating group) is 1. The van der Waals surface area contributed by atoms with Gasteiger partial charge in [-0.15, -0.1) is 0 Å². The second-order valence-electron chi connectivity index (χ2n) is 5.82. The van der Waals surface area contributed by atoms with Crippen LogP contribution >= 0.6 is 0 Å². The standard InChI is InChI=1S/C16H23F2N3O2/c1-10(2)21(8-15(19)22)9-16(23)20(4)11(3)12-5-6-13(17)14(18)7-12/h5-7,10-11H,8-9H2,1-4H3,(H2,19,22)/t11-/m0/s1. The third-order valence-corrected chi connectivity index (χ3v) is 3.83. The van der Waals surface area contributed by atoms with Crippen molar-refractivity contribution in [2.45, 2.75) is 32.9 Å². The maximum absolute atomic E-state index is 13.3. The second kappa shape index (κ2) is 8.01. The minimum atomic E-state index is -0.951. The molecule has 0 spiro atoms. The average molecular weight is 327 g/mol. The molecule has 0 saturated heterocycles. The fraction of sp³-hybridized carbons (Fsp3) is 0.500. The van der Waals surface area contributed by atoms with E-state index in [2.05, 4.69) is 0 Å². The van der Waals surface area contributed by atoms with Crippen LogP contribution in [-0.2, 0) is 9.59 Å². The molecular weight excluding hydrogens is 304 g/mol. The van der Waals surface area contributed by atoms with Crippen molar-refractivity contribution in [3.05, 3.63) is 35.4 Å². The molecule has 0 aliphatic heterocycles. The first-order valence-electron chi connectivity index (χ1n) is 7.36. The first kappa shape index (κ1) is 19.0. The van der Waals surface area contributed by atoms with E-state index in [0.29, 0.717) is 5.56 Å². The summed E-state index contributed by atoms with van der Waals surface area (Å²) in [5, 5.41) is 0. The van der Waals surface area contributed by atoms with E-state index < -0.39 is 23.6 Å². The van der Waals surface area contributed by atoms with Gasteiger partial charge >= 0.3 is 0 Å².